The van der Waals surface area contributed by atoms with E-state index in [4.69, 9.17) is 11.6 Å². The number of aromatic nitrogens is 1. The summed E-state index contributed by atoms with van der Waals surface area (Å²) in [6.07, 6.45) is 4.09. The van der Waals surface area contributed by atoms with Crippen LogP contribution in [0.5, 0.6) is 0 Å². The Morgan fingerprint density at radius 2 is 2.04 bits per heavy atom. The van der Waals surface area contributed by atoms with E-state index >= 15 is 0 Å². The Bertz CT molecular complexity index is 827. The molecule has 118 valence electrons. The summed E-state index contributed by atoms with van der Waals surface area (Å²) in [5, 5.41) is 16.1. The molecule has 0 aliphatic heterocycles. The predicted octanol–water partition coefficient (Wildman–Crippen LogP) is 3.98. The van der Waals surface area contributed by atoms with Gasteiger partial charge in [-0.15, -0.1) is 6.58 Å². The van der Waals surface area contributed by atoms with Crippen LogP contribution in [0.1, 0.15) is 11.1 Å². The highest BCUT2D eigenvalue weighted by atomic mass is 35.5. The van der Waals surface area contributed by atoms with Crippen molar-refractivity contribution in [1.82, 2.24) is 10.3 Å². The van der Waals surface area contributed by atoms with E-state index in [2.05, 4.69) is 16.9 Å². The molecular weight excluding hydrogens is 308 g/mol. The summed E-state index contributed by atoms with van der Waals surface area (Å²) in [6, 6.07) is 15.3. The van der Waals surface area contributed by atoms with Crippen LogP contribution in [0.3, 0.4) is 0 Å². The van der Waals surface area contributed by atoms with Crippen molar-refractivity contribution < 1.29 is 5.11 Å². The maximum atomic E-state index is 11.2. The highest BCUT2D eigenvalue weighted by Gasteiger charge is 2.29. The van der Waals surface area contributed by atoms with E-state index in [-0.39, 0.29) is 0 Å². The smallest absolute Gasteiger partial charge is 0.146 e. The van der Waals surface area contributed by atoms with Gasteiger partial charge in [-0.2, -0.15) is 0 Å². The third-order valence-corrected chi connectivity index (χ3v) is 4.20. The molecule has 0 amide bonds. The zero-order chi connectivity index (χ0) is 16.3. The number of H-pyrrole nitrogens is 1. The van der Waals surface area contributed by atoms with Gasteiger partial charge in [0, 0.05) is 40.7 Å². The largest absolute Gasteiger partial charge is 0.371 e. The SMILES string of the molecule is C=CCNC(O)(Cc1c[nH]c2ccccc12)c1cccc(Cl)c1. The molecule has 1 unspecified atom stereocenters. The molecule has 1 heterocycles. The van der Waals surface area contributed by atoms with Gasteiger partial charge >= 0.3 is 0 Å². The van der Waals surface area contributed by atoms with Crippen molar-refractivity contribution in [2.45, 2.75) is 12.1 Å². The number of aromatic amines is 1. The summed E-state index contributed by atoms with van der Waals surface area (Å²) in [4.78, 5) is 3.24. The van der Waals surface area contributed by atoms with E-state index < -0.39 is 5.72 Å². The summed E-state index contributed by atoms with van der Waals surface area (Å²) in [6.45, 7) is 4.21. The lowest BCUT2D eigenvalue weighted by Gasteiger charge is -2.30. The first-order valence-electron chi connectivity index (χ1n) is 7.52. The van der Waals surface area contributed by atoms with Crippen LogP contribution in [0.25, 0.3) is 10.9 Å². The number of halogens is 1. The van der Waals surface area contributed by atoms with Gasteiger partial charge in [0.25, 0.3) is 0 Å². The highest BCUT2D eigenvalue weighted by molar-refractivity contribution is 6.30. The van der Waals surface area contributed by atoms with Gasteiger partial charge in [0.1, 0.15) is 5.72 Å². The Morgan fingerprint density at radius 1 is 1.22 bits per heavy atom. The number of hydrogen-bond acceptors (Lipinski definition) is 2. The van der Waals surface area contributed by atoms with Crippen LogP contribution in [0.4, 0.5) is 0 Å². The first-order chi connectivity index (χ1) is 11.1. The summed E-state index contributed by atoms with van der Waals surface area (Å²) >= 11 is 6.10. The molecule has 0 spiro atoms. The minimum Gasteiger partial charge on any atom is -0.371 e. The van der Waals surface area contributed by atoms with Crippen LogP contribution in [-0.4, -0.2) is 16.6 Å². The molecule has 1 aromatic heterocycles. The molecular formula is C19H19ClN2O. The van der Waals surface area contributed by atoms with Crippen LogP contribution in [0, 0.1) is 0 Å². The van der Waals surface area contributed by atoms with Gasteiger partial charge in [0.15, 0.2) is 0 Å². The Morgan fingerprint density at radius 3 is 2.83 bits per heavy atom. The zero-order valence-corrected chi connectivity index (χ0v) is 13.5. The Hall–Kier alpha value is -2.07. The van der Waals surface area contributed by atoms with Crippen LogP contribution < -0.4 is 5.32 Å². The predicted molar refractivity (Wildman–Crippen MR) is 95.6 cm³/mol. The van der Waals surface area contributed by atoms with Crippen LogP contribution in [0.15, 0.2) is 67.4 Å². The van der Waals surface area contributed by atoms with E-state index in [0.717, 1.165) is 22.0 Å². The maximum absolute atomic E-state index is 11.2. The van der Waals surface area contributed by atoms with E-state index in [1.54, 1.807) is 18.2 Å². The summed E-state index contributed by atoms with van der Waals surface area (Å²) in [5.41, 5.74) is 1.61. The number of hydrogen-bond donors (Lipinski definition) is 3. The Balaban J connectivity index is 2.00. The number of para-hydroxylation sites is 1. The molecule has 3 aromatic rings. The van der Waals surface area contributed by atoms with Gasteiger partial charge < -0.3 is 10.1 Å². The molecule has 1 atom stereocenters. The summed E-state index contributed by atoms with van der Waals surface area (Å²) < 4.78 is 0. The molecule has 0 radical (unpaired) electrons. The van der Waals surface area contributed by atoms with Crippen molar-refractivity contribution in [3.8, 4) is 0 Å². The van der Waals surface area contributed by atoms with Crippen molar-refractivity contribution in [3.63, 3.8) is 0 Å². The molecule has 3 nitrogen and oxygen atoms in total. The number of fused-ring (bicyclic) bond motifs is 1. The lowest BCUT2D eigenvalue weighted by molar-refractivity contribution is 0.00436. The third kappa shape index (κ3) is 3.32. The fourth-order valence-corrected chi connectivity index (χ4v) is 3.00. The zero-order valence-electron chi connectivity index (χ0n) is 12.7. The normalized spacial score (nSPS) is 13.8. The first-order valence-corrected chi connectivity index (χ1v) is 7.89. The van der Waals surface area contributed by atoms with Gasteiger partial charge in [-0.05, 0) is 23.8 Å². The molecule has 0 aliphatic rings. The number of nitrogens with one attached hydrogen (secondary N) is 2. The fraction of sp³-hybridized carbons (Fsp3) is 0.158. The number of aliphatic hydroxyl groups is 1. The van der Waals surface area contributed by atoms with Gasteiger partial charge in [-0.25, -0.2) is 0 Å². The molecule has 0 bridgehead atoms. The molecule has 0 saturated heterocycles. The second-order valence-corrected chi connectivity index (χ2v) is 6.01. The topological polar surface area (TPSA) is 48.0 Å². The lowest BCUT2D eigenvalue weighted by atomic mass is 9.94. The molecule has 0 aliphatic carbocycles. The Kier molecular flexibility index (Phi) is 4.53. The van der Waals surface area contributed by atoms with Gasteiger partial charge in [0.05, 0.1) is 0 Å². The van der Waals surface area contributed by atoms with E-state index in [0.29, 0.717) is 18.0 Å². The first kappa shape index (κ1) is 15.8. The van der Waals surface area contributed by atoms with Gasteiger partial charge in [0.2, 0.25) is 0 Å². The average molecular weight is 327 g/mol. The second-order valence-electron chi connectivity index (χ2n) is 5.58. The molecule has 0 fully saturated rings. The van der Waals surface area contributed by atoms with E-state index in [9.17, 15) is 5.11 Å². The van der Waals surface area contributed by atoms with Crippen molar-refractivity contribution >= 4 is 22.5 Å². The van der Waals surface area contributed by atoms with Crippen LogP contribution in [0.2, 0.25) is 5.02 Å². The van der Waals surface area contributed by atoms with E-state index in [1.807, 2.05) is 42.6 Å². The van der Waals surface area contributed by atoms with Gasteiger partial charge in [-0.3, -0.25) is 5.32 Å². The average Bonchev–Trinajstić information content (AvgIpc) is 2.96. The third-order valence-electron chi connectivity index (χ3n) is 3.96. The standard InChI is InChI=1S/C19H19ClN2O/c1-2-10-22-19(23,15-6-5-7-16(20)11-15)12-14-13-21-18-9-4-3-8-17(14)18/h2-9,11,13,21-23H,1,10,12H2. The van der Waals surface area contributed by atoms with Crippen LogP contribution in [-0.2, 0) is 12.1 Å². The van der Waals surface area contributed by atoms with Gasteiger partial charge in [-0.1, -0.05) is 48.0 Å². The fourth-order valence-electron chi connectivity index (χ4n) is 2.81. The molecule has 4 heteroatoms. The highest BCUT2D eigenvalue weighted by Crippen LogP contribution is 2.28. The molecule has 0 saturated carbocycles. The molecule has 2 aromatic carbocycles. The summed E-state index contributed by atoms with van der Waals surface area (Å²) in [5.74, 6) is 0. The van der Waals surface area contributed by atoms with E-state index in [1.165, 1.54) is 0 Å². The quantitative estimate of drug-likeness (QED) is 0.474. The molecule has 3 rings (SSSR count). The minimum absolute atomic E-state index is 0.422. The lowest BCUT2D eigenvalue weighted by Crippen LogP contribution is -2.44. The van der Waals surface area contributed by atoms with Crippen LogP contribution >= 0.6 is 11.6 Å². The van der Waals surface area contributed by atoms with Crippen molar-refractivity contribution in [3.05, 3.63) is 83.5 Å². The van der Waals surface area contributed by atoms with Crippen molar-refractivity contribution in [2.75, 3.05) is 6.54 Å². The van der Waals surface area contributed by atoms with Crippen molar-refractivity contribution in [2.24, 2.45) is 0 Å². The summed E-state index contributed by atoms with van der Waals surface area (Å²) in [7, 11) is 0. The second kappa shape index (κ2) is 6.59. The molecule has 23 heavy (non-hydrogen) atoms. The maximum Gasteiger partial charge on any atom is 0.146 e. The van der Waals surface area contributed by atoms with Crippen molar-refractivity contribution in [1.29, 1.82) is 0 Å². The molecule has 3 N–H and O–H groups in total. The monoisotopic (exact) mass is 326 g/mol. The Labute approximate surface area is 140 Å². The number of rotatable bonds is 6. The number of benzene rings is 2. The minimum atomic E-state index is -1.22.